The minimum Gasteiger partial charge on any atom is -0.310 e. The first-order chi connectivity index (χ1) is 31.3. The van der Waals surface area contributed by atoms with Crippen LogP contribution < -0.4 is 4.90 Å². The molecule has 0 fully saturated rings. The molecular formula is C62H41N. The standard InChI is InChI=1S/C62H41N/c1-3-21-44(22-4-1)61(55-32-12-7-27-49(55)50-28-8-13-33-56(50)61)45-23-17-19-42(39-45)43-20-18-26-47(40-43)63(46-24-5-2-6-25-46)48-37-38-54-53-31-11-16-36-59(53)62(60(54)41-48)57-34-14-9-29-51(57)52-30-10-15-35-58(52)62/h1-41H. The molecule has 13 rings (SSSR count). The van der Waals surface area contributed by atoms with Crippen molar-refractivity contribution in [2.75, 3.05) is 4.90 Å². The summed E-state index contributed by atoms with van der Waals surface area (Å²) in [5.74, 6) is 0. The molecule has 0 saturated carbocycles. The Bertz CT molecular complexity index is 3310. The van der Waals surface area contributed by atoms with Crippen LogP contribution in [0.25, 0.3) is 44.5 Å². The summed E-state index contributed by atoms with van der Waals surface area (Å²) in [6.45, 7) is 0. The second-order valence-corrected chi connectivity index (χ2v) is 17.1. The van der Waals surface area contributed by atoms with Gasteiger partial charge in [-0.15, -0.1) is 0 Å². The lowest BCUT2D eigenvalue weighted by atomic mass is 9.67. The van der Waals surface area contributed by atoms with Gasteiger partial charge in [0.25, 0.3) is 0 Å². The molecule has 1 nitrogen and oxygen atoms in total. The van der Waals surface area contributed by atoms with E-state index in [0.29, 0.717) is 0 Å². The molecule has 0 amide bonds. The predicted octanol–water partition coefficient (Wildman–Crippen LogP) is 15.5. The zero-order valence-corrected chi connectivity index (χ0v) is 34.6. The molecule has 0 aliphatic heterocycles. The number of nitrogens with zero attached hydrogens (tertiary/aromatic N) is 1. The van der Waals surface area contributed by atoms with Gasteiger partial charge in [0.2, 0.25) is 0 Å². The van der Waals surface area contributed by atoms with E-state index in [2.05, 4.69) is 254 Å². The number of benzene rings is 10. The second kappa shape index (κ2) is 13.8. The molecule has 0 radical (unpaired) electrons. The molecule has 10 aromatic carbocycles. The van der Waals surface area contributed by atoms with Crippen molar-refractivity contribution in [3.63, 3.8) is 0 Å². The van der Waals surface area contributed by atoms with Crippen LogP contribution in [-0.2, 0) is 10.8 Å². The average Bonchev–Trinajstić information content (AvgIpc) is 3.95. The molecule has 0 saturated heterocycles. The Kier molecular flexibility index (Phi) is 7.80. The molecule has 0 aromatic heterocycles. The van der Waals surface area contributed by atoms with Gasteiger partial charge in [0.15, 0.2) is 0 Å². The molecule has 0 unspecified atom stereocenters. The highest BCUT2D eigenvalue weighted by Crippen LogP contribution is 2.63. The van der Waals surface area contributed by atoms with Crippen LogP contribution in [0.4, 0.5) is 17.1 Å². The van der Waals surface area contributed by atoms with Gasteiger partial charge >= 0.3 is 0 Å². The van der Waals surface area contributed by atoms with Crippen molar-refractivity contribution < 1.29 is 0 Å². The number of hydrogen-bond acceptors (Lipinski definition) is 1. The summed E-state index contributed by atoms with van der Waals surface area (Å²) >= 11 is 0. The summed E-state index contributed by atoms with van der Waals surface area (Å²) in [6.07, 6.45) is 0. The summed E-state index contributed by atoms with van der Waals surface area (Å²) in [6, 6.07) is 92.5. The minimum atomic E-state index is -0.465. The van der Waals surface area contributed by atoms with Crippen LogP contribution in [0.5, 0.6) is 0 Å². The quantitative estimate of drug-likeness (QED) is 0.162. The Labute approximate surface area is 368 Å². The van der Waals surface area contributed by atoms with Crippen molar-refractivity contribution in [2.45, 2.75) is 10.8 Å². The predicted molar refractivity (Wildman–Crippen MR) is 260 cm³/mol. The summed E-state index contributed by atoms with van der Waals surface area (Å²) in [4.78, 5) is 2.44. The molecule has 294 valence electrons. The van der Waals surface area contributed by atoms with Crippen LogP contribution in [0.2, 0.25) is 0 Å². The van der Waals surface area contributed by atoms with Crippen LogP contribution in [0, 0.1) is 0 Å². The number of anilines is 3. The first-order valence-corrected chi connectivity index (χ1v) is 22.0. The zero-order valence-electron chi connectivity index (χ0n) is 34.6. The number of fused-ring (bicyclic) bond motifs is 13. The smallest absolute Gasteiger partial charge is 0.0726 e. The highest BCUT2D eigenvalue weighted by Gasteiger charge is 2.52. The summed E-state index contributed by atoms with van der Waals surface area (Å²) < 4.78 is 0. The molecular weight excluding hydrogens is 759 g/mol. The second-order valence-electron chi connectivity index (χ2n) is 17.1. The van der Waals surface area contributed by atoms with E-state index >= 15 is 0 Å². The van der Waals surface area contributed by atoms with Crippen LogP contribution in [0.1, 0.15) is 44.5 Å². The maximum Gasteiger partial charge on any atom is 0.0726 e. The summed E-state index contributed by atoms with van der Waals surface area (Å²) in [5.41, 5.74) is 23.2. The fraction of sp³-hybridized carbons (Fsp3) is 0.0323. The number of rotatable bonds is 6. The van der Waals surface area contributed by atoms with E-state index in [-0.39, 0.29) is 0 Å². The lowest BCUT2D eigenvalue weighted by molar-refractivity contribution is 0.769. The number of para-hydroxylation sites is 1. The van der Waals surface area contributed by atoms with Gasteiger partial charge in [-0.1, -0.05) is 206 Å². The first-order valence-electron chi connectivity index (χ1n) is 22.0. The lowest BCUT2D eigenvalue weighted by Crippen LogP contribution is -2.28. The summed E-state index contributed by atoms with van der Waals surface area (Å²) in [5, 5.41) is 0. The van der Waals surface area contributed by atoms with E-state index in [1.54, 1.807) is 0 Å². The van der Waals surface area contributed by atoms with Crippen molar-refractivity contribution in [3.05, 3.63) is 293 Å². The molecule has 0 heterocycles. The van der Waals surface area contributed by atoms with Crippen molar-refractivity contribution in [1.82, 2.24) is 0 Å². The topological polar surface area (TPSA) is 3.24 Å². The van der Waals surface area contributed by atoms with Crippen LogP contribution in [-0.4, -0.2) is 0 Å². The zero-order chi connectivity index (χ0) is 41.5. The normalized spacial score (nSPS) is 14.0. The van der Waals surface area contributed by atoms with Gasteiger partial charge in [-0.05, 0) is 131 Å². The fourth-order valence-corrected chi connectivity index (χ4v) is 11.7. The average molecular weight is 800 g/mol. The van der Waals surface area contributed by atoms with Crippen LogP contribution >= 0.6 is 0 Å². The monoisotopic (exact) mass is 799 g/mol. The summed E-state index contributed by atoms with van der Waals surface area (Å²) in [7, 11) is 0. The van der Waals surface area contributed by atoms with Crippen LogP contribution in [0.3, 0.4) is 0 Å². The molecule has 0 atom stereocenters. The molecule has 3 aliphatic carbocycles. The van der Waals surface area contributed by atoms with Gasteiger partial charge in [0, 0.05) is 17.1 Å². The molecule has 0 bridgehead atoms. The third-order valence-electron chi connectivity index (χ3n) is 14.1. The lowest BCUT2D eigenvalue weighted by Gasteiger charge is -2.34. The maximum atomic E-state index is 2.48. The minimum absolute atomic E-state index is 0.425. The van der Waals surface area contributed by atoms with Gasteiger partial charge in [0.1, 0.15) is 0 Å². The first kappa shape index (κ1) is 35.7. The van der Waals surface area contributed by atoms with Gasteiger partial charge in [-0.25, -0.2) is 0 Å². The fourth-order valence-electron chi connectivity index (χ4n) is 11.7. The van der Waals surface area contributed by atoms with Crippen molar-refractivity contribution in [2.24, 2.45) is 0 Å². The molecule has 0 N–H and O–H groups in total. The van der Waals surface area contributed by atoms with E-state index < -0.39 is 10.8 Å². The SMILES string of the molecule is c1ccc(N(c2cccc(-c3cccc(C4(c5ccccc5)c5ccccc5-c5ccccc54)c3)c2)c2ccc3c(c2)C2(c4ccccc4-c4ccccc42)c2ccccc2-3)cc1. The van der Waals surface area contributed by atoms with Crippen molar-refractivity contribution >= 4 is 17.1 Å². The largest absolute Gasteiger partial charge is 0.310 e. The van der Waals surface area contributed by atoms with Crippen molar-refractivity contribution in [3.8, 4) is 44.5 Å². The number of hydrogen-bond donors (Lipinski definition) is 0. The van der Waals surface area contributed by atoms with Gasteiger partial charge in [-0.3, -0.25) is 0 Å². The van der Waals surface area contributed by atoms with E-state index in [4.69, 9.17) is 0 Å². The Balaban J connectivity index is 0.990. The van der Waals surface area contributed by atoms with Crippen molar-refractivity contribution in [1.29, 1.82) is 0 Å². The third-order valence-corrected chi connectivity index (χ3v) is 14.1. The molecule has 10 aromatic rings. The molecule has 1 heteroatoms. The maximum absolute atomic E-state index is 2.48. The molecule has 1 spiro atoms. The molecule has 3 aliphatic rings. The van der Waals surface area contributed by atoms with Gasteiger partial charge < -0.3 is 4.90 Å². The molecule has 63 heavy (non-hydrogen) atoms. The van der Waals surface area contributed by atoms with Gasteiger partial charge in [-0.2, -0.15) is 0 Å². The highest BCUT2D eigenvalue weighted by atomic mass is 15.1. The van der Waals surface area contributed by atoms with Crippen LogP contribution in [0.15, 0.2) is 249 Å². The Hall–Kier alpha value is -8.00. The Morgan fingerprint density at radius 3 is 1.14 bits per heavy atom. The van der Waals surface area contributed by atoms with Gasteiger partial charge in [0.05, 0.1) is 10.8 Å². The Morgan fingerprint density at radius 2 is 0.603 bits per heavy atom. The third kappa shape index (κ3) is 4.94. The van der Waals surface area contributed by atoms with E-state index in [9.17, 15) is 0 Å². The van der Waals surface area contributed by atoms with E-state index in [1.807, 2.05) is 0 Å². The highest BCUT2D eigenvalue weighted by molar-refractivity contribution is 5.96. The Morgan fingerprint density at radius 1 is 0.222 bits per heavy atom. The van der Waals surface area contributed by atoms with E-state index in [0.717, 1.165) is 17.1 Å². The van der Waals surface area contributed by atoms with E-state index in [1.165, 1.54) is 89.0 Å².